The van der Waals surface area contributed by atoms with Gasteiger partial charge in [0.05, 0.1) is 57.8 Å². The molecule has 0 saturated carbocycles. The fraction of sp³-hybridized carbons (Fsp3) is 0.235. The van der Waals surface area contributed by atoms with E-state index in [1.54, 1.807) is 12.1 Å². The normalized spacial score (nSPS) is 18.3. The molecule has 2 atom stereocenters. The van der Waals surface area contributed by atoms with Crippen molar-refractivity contribution in [1.82, 2.24) is 29.7 Å². The standard InChI is InChI=1S/C34H28N6O4/c41-33(23-11-15-43-19-23)39-13-1-3-29(39)31-35-25-9-7-21(17-27(25)37-31)5-6-22-8-10-26-28(18-22)38-32(36-26)30-4-2-14-40(30)34(42)24-12-16-44-20-24/h7-12,15-20,29-30H,1-4,13-14H2,(H,35,37)(H,36,38)/t29-,30-/m0/s1. The topological polar surface area (TPSA) is 124 Å². The van der Waals surface area contributed by atoms with E-state index in [-0.39, 0.29) is 23.9 Å². The van der Waals surface area contributed by atoms with Gasteiger partial charge in [0.25, 0.3) is 11.8 Å². The minimum Gasteiger partial charge on any atom is -0.472 e. The molecule has 2 aromatic carbocycles. The molecule has 218 valence electrons. The van der Waals surface area contributed by atoms with Crippen molar-refractivity contribution in [2.75, 3.05) is 13.1 Å². The van der Waals surface area contributed by atoms with Gasteiger partial charge in [0.2, 0.25) is 0 Å². The third-order valence-corrected chi connectivity index (χ3v) is 8.55. The second-order valence-electron chi connectivity index (χ2n) is 11.3. The van der Waals surface area contributed by atoms with Crippen LogP contribution in [0.5, 0.6) is 0 Å². The highest BCUT2D eigenvalue weighted by Crippen LogP contribution is 2.34. The Balaban J connectivity index is 1.01. The number of hydrogen-bond acceptors (Lipinski definition) is 6. The fourth-order valence-corrected chi connectivity index (χ4v) is 6.37. The first-order valence-corrected chi connectivity index (χ1v) is 14.8. The van der Waals surface area contributed by atoms with Crippen LogP contribution in [0, 0.1) is 11.8 Å². The van der Waals surface area contributed by atoms with Crippen molar-refractivity contribution in [3.8, 4) is 11.8 Å². The predicted octanol–water partition coefficient (Wildman–Crippen LogP) is 5.98. The number of benzene rings is 2. The van der Waals surface area contributed by atoms with Gasteiger partial charge in [-0.3, -0.25) is 9.59 Å². The molecule has 10 heteroatoms. The molecule has 6 heterocycles. The number of nitrogens with one attached hydrogen (secondary N) is 2. The van der Waals surface area contributed by atoms with Crippen LogP contribution in [0.15, 0.2) is 82.4 Å². The van der Waals surface area contributed by atoms with E-state index in [4.69, 9.17) is 18.8 Å². The quantitative estimate of drug-likeness (QED) is 0.246. The van der Waals surface area contributed by atoms with Gasteiger partial charge < -0.3 is 28.6 Å². The smallest absolute Gasteiger partial charge is 0.257 e. The van der Waals surface area contributed by atoms with Crippen molar-refractivity contribution in [1.29, 1.82) is 0 Å². The van der Waals surface area contributed by atoms with Crippen molar-refractivity contribution in [3.63, 3.8) is 0 Å². The first-order valence-electron chi connectivity index (χ1n) is 14.8. The summed E-state index contributed by atoms with van der Waals surface area (Å²) in [5.74, 6) is 8.03. The van der Waals surface area contributed by atoms with Gasteiger partial charge >= 0.3 is 0 Å². The number of aromatic amines is 2. The van der Waals surface area contributed by atoms with Gasteiger partial charge in [-0.25, -0.2) is 9.97 Å². The Kier molecular flexibility index (Phi) is 6.30. The summed E-state index contributed by atoms with van der Waals surface area (Å²) in [6, 6.07) is 15.0. The molecule has 2 amide bonds. The summed E-state index contributed by atoms with van der Waals surface area (Å²) in [6.45, 7) is 1.37. The van der Waals surface area contributed by atoms with Crippen LogP contribution < -0.4 is 0 Å². The molecule has 2 N–H and O–H groups in total. The summed E-state index contributed by atoms with van der Waals surface area (Å²) in [4.78, 5) is 46.2. The van der Waals surface area contributed by atoms with E-state index < -0.39 is 0 Å². The monoisotopic (exact) mass is 584 g/mol. The van der Waals surface area contributed by atoms with E-state index >= 15 is 0 Å². The maximum atomic E-state index is 13.0. The Labute approximate surface area is 252 Å². The molecule has 0 aliphatic carbocycles. The summed E-state index contributed by atoms with van der Waals surface area (Å²) in [7, 11) is 0. The number of nitrogens with zero attached hydrogens (tertiary/aromatic N) is 4. The Morgan fingerprint density at radius 2 is 1.18 bits per heavy atom. The number of carbonyl (C=O) groups excluding carboxylic acids is 2. The van der Waals surface area contributed by atoms with E-state index in [9.17, 15) is 9.59 Å². The third kappa shape index (κ3) is 4.63. The van der Waals surface area contributed by atoms with Gasteiger partial charge in [-0.05, 0) is 74.2 Å². The zero-order valence-electron chi connectivity index (χ0n) is 23.7. The van der Waals surface area contributed by atoms with E-state index in [2.05, 4.69) is 21.8 Å². The minimum atomic E-state index is -0.106. The van der Waals surface area contributed by atoms with Crippen LogP contribution in [0.25, 0.3) is 22.1 Å². The molecule has 2 aliphatic heterocycles. The first kappa shape index (κ1) is 26.1. The largest absolute Gasteiger partial charge is 0.472 e. The zero-order valence-corrected chi connectivity index (χ0v) is 23.7. The maximum Gasteiger partial charge on any atom is 0.257 e. The van der Waals surface area contributed by atoms with Crippen LogP contribution in [0.4, 0.5) is 0 Å². The molecule has 4 aromatic heterocycles. The summed E-state index contributed by atoms with van der Waals surface area (Å²) in [5, 5.41) is 0. The van der Waals surface area contributed by atoms with Crippen molar-refractivity contribution in [2.45, 2.75) is 37.8 Å². The molecule has 0 spiro atoms. The number of rotatable bonds is 4. The third-order valence-electron chi connectivity index (χ3n) is 8.55. The lowest BCUT2D eigenvalue weighted by Gasteiger charge is -2.22. The molecule has 6 aromatic rings. The molecule has 8 rings (SSSR count). The lowest BCUT2D eigenvalue weighted by Crippen LogP contribution is -2.30. The van der Waals surface area contributed by atoms with Crippen molar-refractivity contribution >= 4 is 33.9 Å². The van der Waals surface area contributed by atoms with Gasteiger partial charge in [0.15, 0.2) is 0 Å². The van der Waals surface area contributed by atoms with Gasteiger partial charge in [0, 0.05) is 24.2 Å². The molecule has 0 unspecified atom stereocenters. The number of imidazole rings is 2. The van der Waals surface area contributed by atoms with Crippen molar-refractivity contribution < 1.29 is 18.4 Å². The average molecular weight is 585 g/mol. The highest BCUT2D eigenvalue weighted by Gasteiger charge is 2.34. The number of likely N-dealkylation sites (tertiary alicyclic amines) is 2. The zero-order chi connectivity index (χ0) is 29.6. The summed E-state index contributed by atoms with van der Waals surface area (Å²) < 4.78 is 10.2. The molecule has 2 aliphatic rings. The maximum absolute atomic E-state index is 13.0. The lowest BCUT2D eigenvalue weighted by atomic mass is 10.1. The molecule has 0 bridgehead atoms. The first-order chi connectivity index (χ1) is 21.6. The van der Waals surface area contributed by atoms with Crippen LogP contribution in [-0.4, -0.2) is 54.6 Å². The van der Waals surface area contributed by atoms with Crippen molar-refractivity contribution in [3.05, 3.63) is 107 Å². The summed E-state index contributed by atoms with van der Waals surface area (Å²) in [6.07, 6.45) is 9.56. The Bertz CT molecular complexity index is 1910. The molecule has 0 radical (unpaired) electrons. The van der Waals surface area contributed by atoms with Crippen LogP contribution >= 0.6 is 0 Å². The van der Waals surface area contributed by atoms with Gasteiger partial charge in [-0.2, -0.15) is 0 Å². The Morgan fingerprint density at radius 3 is 1.61 bits per heavy atom. The van der Waals surface area contributed by atoms with Gasteiger partial charge in [-0.1, -0.05) is 11.8 Å². The molecule has 44 heavy (non-hydrogen) atoms. The van der Waals surface area contributed by atoms with Crippen LogP contribution in [0.2, 0.25) is 0 Å². The molecular weight excluding hydrogens is 556 g/mol. The number of aromatic nitrogens is 4. The second-order valence-corrected chi connectivity index (χ2v) is 11.3. The van der Waals surface area contributed by atoms with Crippen LogP contribution in [-0.2, 0) is 0 Å². The Morgan fingerprint density at radius 1 is 0.705 bits per heavy atom. The van der Waals surface area contributed by atoms with Gasteiger partial charge in [-0.15, -0.1) is 0 Å². The lowest BCUT2D eigenvalue weighted by molar-refractivity contribution is 0.0722. The summed E-state index contributed by atoms with van der Waals surface area (Å²) >= 11 is 0. The van der Waals surface area contributed by atoms with Crippen molar-refractivity contribution in [2.24, 2.45) is 0 Å². The summed E-state index contributed by atoms with van der Waals surface area (Å²) in [5.41, 5.74) is 6.26. The molecular formula is C34H28N6O4. The highest BCUT2D eigenvalue weighted by atomic mass is 16.3. The minimum absolute atomic E-state index is 0.0436. The fourth-order valence-electron chi connectivity index (χ4n) is 6.37. The SMILES string of the molecule is O=C(c1ccoc1)N1CCC[C@H]1c1nc2ccc(C#Cc3ccc4nc([C@@H]5CCCN5C(=O)c5ccoc5)[nH]c4c3)cc2[nH]1. The second kappa shape index (κ2) is 10.6. The Hall–Kier alpha value is -5.56. The van der Waals surface area contributed by atoms with E-state index in [1.807, 2.05) is 46.2 Å². The number of furan rings is 2. The van der Waals surface area contributed by atoms with Gasteiger partial charge in [0.1, 0.15) is 24.2 Å². The average Bonchev–Trinajstić information content (AvgIpc) is 3.89. The predicted molar refractivity (Wildman–Crippen MR) is 162 cm³/mol. The van der Waals surface area contributed by atoms with E-state index in [1.165, 1.54) is 25.1 Å². The number of H-pyrrole nitrogens is 2. The molecule has 2 saturated heterocycles. The number of fused-ring (bicyclic) bond motifs is 2. The van der Waals surface area contributed by atoms with E-state index in [0.29, 0.717) is 24.2 Å². The van der Waals surface area contributed by atoms with Crippen LogP contribution in [0.3, 0.4) is 0 Å². The number of amides is 2. The molecule has 2 fully saturated rings. The van der Waals surface area contributed by atoms with E-state index in [0.717, 1.165) is 70.5 Å². The van der Waals surface area contributed by atoms with Crippen LogP contribution in [0.1, 0.15) is 81.3 Å². The highest BCUT2D eigenvalue weighted by molar-refractivity contribution is 5.95. The number of hydrogen-bond donors (Lipinski definition) is 2. The molecule has 10 nitrogen and oxygen atoms in total. The number of carbonyl (C=O) groups is 2.